The second kappa shape index (κ2) is 9.73. The van der Waals surface area contributed by atoms with Crippen molar-refractivity contribution in [2.75, 3.05) is 27.2 Å². The molecule has 2 aromatic carbocycles. The number of amides is 1. The Morgan fingerprint density at radius 1 is 1.06 bits per heavy atom. The second-order valence-corrected chi connectivity index (χ2v) is 9.21. The molecule has 0 saturated carbocycles. The normalized spacial score (nSPS) is 19.5. The topological polar surface area (TPSA) is 62.6 Å². The number of carbonyl (C=O) groups excluding carboxylic acids is 1. The van der Waals surface area contributed by atoms with Gasteiger partial charge >= 0.3 is 0 Å². The molecule has 7 nitrogen and oxygen atoms in total. The number of hydrogen-bond donors (Lipinski definition) is 1. The third kappa shape index (κ3) is 4.73. The number of nitrogens with one attached hydrogen (secondary N) is 1. The maximum absolute atomic E-state index is 13.5. The molecule has 1 fully saturated rings. The lowest BCUT2D eigenvalue weighted by atomic mass is 10.1. The van der Waals surface area contributed by atoms with E-state index in [2.05, 4.69) is 36.3 Å². The van der Waals surface area contributed by atoms with Crippen molar-refractivity contribution in [2.24, 2.45) is 0 Å². The zero-order chi connectivity index (χ0) is 23.7. The van der Waals surface area contributed by atoms with Crippen LogP contribution in [0.2, 0.25) is 10.0 Å². The number of likely N-dealkylation sites (N-methyl/N-ethyl adjacent to an activating group) is 1. The highest BCUT2D eigenvalue weighted by atomic mass is 35.5. The molecule has 0 aliphatic carbocycles. The largest absolute Gasteiger partial charge is 0.492 e. The van der Waals surface area contributed by atoms with Crippen LogP contribution in [0.15, 0.2) is 48.5 Å². The third-order valence-corrected chi connectivity index (χ3v) is 6.36. The first-order valence-electron chi connectivity index (χ1n) is 10.8. The van der Waals surface area contributed by atoms with Crippen LogP contribution in [-0.2, 0) is 0 Å². The van der Waals surface area contributed by atoms with E-state index in [1.165, 1.54) is 7.11 Å². The number of hydrazine groups is 1. The fourth-order valence-corrected chi connectivity index (χ4v) is 4.72. The first-order chi connectivity index (χ1) is 15.8. The number of methoxy groups -OCH3 is 1. The Hall–Kier alpha value is -2.58. The molecule has 0 radical (unpaired) electrons. The number of rotatable bonds is 5. The van der Waals surface area contributed by atoms with Gasteiger partial charge in [-0.25, -0.2) is 9.69 Å². The van der Waals surface area contributed by atoms with Crippen molar-refractivity contribution in [3.05, 3.63) is 64.3 Å². The van der Waals surface area contributed by atoms with Crippen LogP contribution in [0.25, 0.3) is 16.9 Å². The molecular weight excluding hydrogens is 461 g/mol. The van der Waals surface area contributed by atoms with Gasteiger partial charge in [0, 0.05) is 35.8 Å². The molecule has 1 N–H and O–H groups in total. The number of ether oxygens (including phenoxy) is 1. The standard InChI is InChI=1S/C24H27Cl2N5O2/c1-15-13-29(3)14-16(2)30(15)28-24(32)21-23(33-4)22(17-9-11-18(25)12-10-17)31(27-21)20-8-6-5-7-19(20)26/h5-12,15-16H,13-14H2,1-4H3,(H,28,32)/t15-,16+. The van der Waals surface area contributed by atoms with Gasteiger partial charge in [0.05, 0.1) is 17.8 Å². The van der Waals surface area contributed by atoms with Gasteiger partial charge in [-0.15, -0.1) is 0 Å². The van der Waals surface area contributed by atoms with Crippen LogP contribution in [0.1, 0.15) is 24.3 Å². The number of benzene rings is 2. The Kier molecular flexibility index (Phi) is 6.95. The number of aromatic nitrogens is 2. The average molecular weight is 488 g/mol. The smallest absolute Gasteiger partial charge is 0.290 e. The van der Waals surface area contributed by atoms with Crippen molar-refractivity contribution in [2.45, 2.75) is 25.9 Å². The van der Waals surface area contributed by atoms with Crippen molar-refractivity contribution in [1.29, 1.82) is 0 Å². The summed E-state index contributed by atoms with van der Waals surface area (Å²) in [6, 6.07) is 14.9. The SMILES string of the molecule is COc1c(C(=O)NN2[C@H](C)CN(C)C[C@@H]2C)nn(-c2ccccc2Cl)c1-c1ccc(Cl)cc1. The van der Waals surface area contributed by atoms with Crippen molar-refractivity contribution in [3.63, 3.8) is 0 Å². The molecule has 1 aromatic heterocycles. The first-order valence-corrected chi connectivity index (χ1v) is 11.5. The molecule has 1 amide bonds. The van der Waals surface area contributed by atoms with E-state index in [9.17, 15) is 4.79 Å². The molecule has 0 unspecified atom stereocenters. The molecule has 0 spiro atoms. The summed E-state index contributed by atoms with van der Waals surface area (Å²) >= 11 is 12.6. The molecule has 4 rings (SSSR count). The molecule has 174 valence electrons. The van der Waals surface area contributed by atoms with E-state index < -0.39 is 0 Å². The molecule has 2 atom stereocenters. The molecule has 1 aliphatic rings. The van der Waals surface area contributed by atoms with E-state index in [1.54, 1.807) is 22.9 Å². The summed E-state index contributed by atoms with van der Waals surface area (Å²) in [7, 11) is 3.62. The Balaban J connectivity index is 1.80. The van der Waals surface area contributed by atoms with Crippen LogP contribution in [0.3, 0.4) is 0 Å². The van der Waals surface area contributed by atoms with Crippen molar-refractivity contribution in [1.82, 2.24) is 25.1 Å². The number of para-hydroxylation sites is 1. The van der Waals surface area contributed by atoms with Gasteiger partial charge in [0.2, 0.25) is 0 Å². The minimum atomic E-state index is -0.337. The van der Waals surface area contributed by atoms with Gasteiger partial charge in [-0.05, 0) is 45.2 Å². The lowest BCUT2D eigenvalue weighted by Gasteiger charge is -2.42. The summed E-state index contributed by atoms with van der Waals surface area (Å²) in [5.74, 6) is 0.0281. The van der Waals surface area contributed by atoms with Gasteiger partial charge < -0.3 is 9.64 Å². The zero-order valence-electron chi connectivity index (χ0n) is 19.0. The highest BCUT2D eigenvalue weighted by Gasteiger charge is 2.32. The number of piperazine rings is 1. The predicted octanol–water partition coefficient (Wildman–Crippen LogP) is 4.52. The Morgan fingerprint density at radius 3 is 2.30 bits per heavy atom. The van der Waals surface area contributed by atoms with Gasteiger partial charge in [0.25, 0.3) is 5.91 Å². The maximum Gasteiger partial charge on any atom is 0.290 e. The van der Waals surface area contributed by atoms with Crippen molar-refractivity contribution in [3.8, 4) is 22.7 Å². The number of halogens is 2. The second-order valence-electron chi connectivity index (χ2n) is 8.37. The van der Waals surface area contributed by atoms with E-state index in [4.69, 9.17) is 27.9 Å². The third-order valence-electron chi connectivity index (χ3n) is 5.79. The number of carbonyl (C=O) groups is 1. The lowest BCUT2D eigenvalue weighted by Crippen LogP contribution is -2.61. The molecular formula is C24H27Cl2N5O2. The van der Waals surface area contributed by atoms with E-state index in [0.717, 1.165) is 18.7 Å². The zero-order valence-corrected chi connectivity index (χ0v) is 20.6. The molecule has 1 saturated heterocycles. The summed E-state index contributed by atoms with van der Waals surface area (Å²) < 4.78 is 7.39. The van der Waals surface area contributed by atoms with Crippen molar-refractivity contribution < 1.29 is 9.53 Å². The highest BCUT2D eigenvalue weighted by Crippen LogP contribution is 2.37. The molecule has 3 aromatic rings. The van der Waals surface area contributed by atoms with Crippen LogP contribution < -0.4 is 10.2 Å². The van der Waals surface area contributed by atoms with E-state index in [1.807, 2.05) is 35.3 Å². The van der Waals surface area contributed by atoms with Crippen LogP contribution in [0, 0.1) is 0 Å². The molecule has 9 heteroatoms. The van der Waals surface area contributed by atoms with Crippen LogP contribution in [-0.4, -0.2) is 64.9 Å². The number of hydrogen-bond acceptors (Lipinski definition) is 5. The Bertz CT molecular complexity index is 1140. The first kappa shape index (κ1) is 23.6. The molecule has 0 bridgehead atoms. The Labute approximate surface area is 203 Å². The minimum absolute atomic E-state index is 0.148. The fourth-order valence-electron chi connectivity index (χ4n) is 4.38. The monoisotopic (exact) mass is 487 g/mol. The summed E-state index contributed by atoms with van der Waals surface area (Å²) in [5.41, 5.74) is 5.29. The Morgan fingerprint density at radius 2 is 1.70 bits per heavy atom. The van der Waals surface area contributed by atoms with Gasteiger partial charge in [-0.2, -0.15) is 5.10 Å². The predicted molar refractivity (Wildman–Crippen MR) is 131 cm³/mol. The quantitative estimate of drug-likeness (QED) is 0.572. The molecule has 2 heterocycles. The molecule has 33 heavy (non-hydrogen) atoms. The summed E-state index contributed by atoms with van der Waals surface area (Å²) in [6.07, 6.45) is 0. The van der Waals surface area contributed by atoms with Gasteiger partial charge in [0.15, 0.2) is 11.4 Å². The number of nitrogens with zero attached hydrogens (tertiary/aromatic N) is 4. The van der Waals surface area contributed by atoms with Crippen LogP contribution in [0.4, 0.5) is 0 Å². The van der Waals surface area contributed by atoms with E-state index in [-0.39, 0.29) is 23.7 Å². The molecule has 1 aliphatic heterocycles. The van der Waals surface area contributed by atoms with Crippen molar-refractivity contribution >= 4 is 29.1 Å². The summed E-state index contributed by atoms with van der Waals surface area (Å²) in [5, 5.41) is 7.77. The van der Waals surface area contributed by atoms with E-state index in [0.29, 0.717) is 27.2 Å². The van der Waals surface area contributed by atoms with Gasteiger partial charge in [-0.3, -0.25) is 10.2 Å². The van der Waals surface area contributed by atoms with Gasteiger partial charge in [0.1, 0.15) is 5.69 Å². The maximum atomic E-state index is 13.5. The van der Waals surface area contributed by atoms with Gasteiger partial charge in [-0.1, -0.05) is 47.5 Å². The summed E-state index contributed by atoms with van der Waals surface area (Å²) in [4.78, 5) is 15.7. The average Bonchev–Trinajstić information content (AvgIpc) is 3.16. The minimum Gasteiger partial charge on any atom is -0.492 e. The van der Waals surface area contributed by atoms with Crippen LogP contribution in [0.5, 0.6) is 5.75 Å². The van der Waals surface area contributed by atoms with E-state index >= 15 is 0 Å². The fraction of sp³-hybridized carbons (Fsp3) is 0.333. The van der Waals surface area contributed by atoms with Crippen LogP contribution >= 0.6 is 23.2 Å². The summed E-state index contributed by atoms with van der Waals surface area (Å²) in [6.45, 7) is 5.88. The lowest BCUT2D eigenvalue weighted by molar-refractivity contribution is 0.00962. The highest BCUT2D eigenvalue weighted by molar-refractivity contribution is 6.32.